The molecule has 2 aliphatic rings. The molecule has 8 nitrogen and oxygen atoms in total. The Bertz CT molecular complexity index is 1180. The number of alkyl halides is 5. The number of nitrogens with one attached hydrogen (secondary N) is 2. The van der Waals surface area contributed by atoms with Crippen LogP contribution < -0.4 is 10.6 Å². The molecule has 2 aromatic heterocycles. The summed E-state index contributed by atoms with van der Waals surface area (Å²) in [6.45, 7) is 0.486. The highest BCUT2D eigenvalue weighted by molar-refractivity contribution is 7.88. The molecule has 2 aromatic rings. The fourth-order valence-electron chi connectivity index (χ4n) is 4.09. The quantitative estimate of drug-likeness (QED) is 0.526. The summed E-state index contributed by atoms with van der Waals surface area (Å²) >= 11 is 0.480. The summed E-state index contributed by atoms with van der Waals surface area (Å²) in [6.07, 6.45) is -3.14. The van der Waals surface area contributed by atoms with E-state index >= 15 is 0 Å². The van der Waals surface area contributed by atoms with E-state index in [1.165, 1.54) is 4.31 Å². The lowest BCUT2D eigenvalue weighted by Gasteiger charge is -2.30. The largest absolute Gasteiger partial charge is 0.434 e. The molecule has 1 saturated heterocycles. The predicted octanol–water partition coefficient (Wildman–Crippen LogP) is 4.19. The number of sulfonamides is 1. The third-order valence-corrected chi connectivity index (χ3v) is 8.14. The van der Waals surface area contributed by atoms with Crippen molar-refractivity contribution >= 4 is 32.4 Å². The maximum absolute atomic E-state index is 14.6. The standard InChI is InChI=1S/C19H22F6N6O2S2/c1-35(32,33)31-6-3-10(4-7-31)27-16-26-9-12(20)13(29-16)14-15(19(23,24)25)30-17(34-14)28-11-2-5-18(21,22)8-11/h9-11H,2-8H2,1H3,(H,28,30)(H,26,27,29). The number of piperidine rings is 1. The van der Waals surface area contributed by atoms with Gasteiger partial charge in [0.05, 0.1) is 17.3 Å². The van der Waals surface area contributed by atoms with Gasteiger partial charge in [-0.05, 0) is 19.3 Å². The van der Waals surface area contributed by atoms with Gasteiger partial charge < -0.3 is 10.6 Å². The first-order valence-electron chi connectivity index (χ1n) is 10.7. The monoisotopic (exact) mass is 544 g/mol. The Morgan fingerprint density at radius 2 is 1.80 bits per heavy atom. The molecule has 0 aromatic carbocycles. The maximum atomic E-state index is 14.6. The van der Waals surface area contributed by atoms with Gasteiger partial charge >= 0.3 is 6.18 Å². The topological polar surface area (TPSA) is 100 Å². The fourth-order valence-corrected chi connectivity index (χ4v) is 6.02. The number of anilines is 2. The first-order chi connectivity index (χ1) is 16.2. The minimum Gasteiger partial charge on any atom is -0.359 e. The lowest BCUT2D eigenvalue weighted by Crippen LogP contribution is -2.42. The SMILES string of the molecule is CS(=O)(=O)N1CCC(Nc2ncc(F)c(-c3sc(NC4CCC(F)(F)C4)nc3C(F)(F)F)n2)CC1. The van der Waals surface area contributed by atoms with Gasteiger partial charge in [0, 0.05) is 38.0 Å². The van der Waals surface area contributed by atoms with Crippen LogP contribution in [0.25, 0.3) is 10.6 Å². The summed E-state index contributed by atoms with van der Waals surface area (Å²) in [5.41, 5.74) is -1.99. The Kier molecular flexibility index (Phi) is 6.91. The molecule has 0 radical (unpaired) electrons. The van der Waals surface area contributed by atoms with E-state index in [1.807, 2.05) is 0 Å². The van der Waals surface area contributed by atoms with Crippen molar-refractivity contribution in [3.05, 3.63) is 17.7 Å². The minimum atomic E-state index is -4.94. The van der Waals surface area contributed by atoms with Gasteiger partial charge in [0.2, 0.25) is 21.9 Å². The van der Waals surface area contributed by atoms with Crippen molar-refractivity contribution in [3.8, 4) is 10.6 Å². The van der Waals surface area contributed by atoms with Gasteiger partial charge in [0.1, 0.15) is 5.69 Å². The number of rotatable bonds is 6. The molecule has 1 unspecified atom stereocenters. The Morgan fingerprint density at radius 1 is 1.11 bits per heavy atom. The average Bonchev–Trinajstić information content (AvgIpc) is 3.32. The van der Waals surface area contributed by atoms with Crippen molar-refractivity contribution < 1.29 is 34.8 Å². The Morgan fingerprint density at radius 3 is 2.37 bits per heavy atom. The van der Waals surface area contributed by atoms with Crippen LogP contribution in [-0.2, 0) is 16.2 Å². The van der Waals surface area contributed by atoms with Crippen LogP contribution in [-0.4, -0.2) is 65.0 Å². The van der Waals surface area contributed by atoms with Gasteiger partial charge in [-0.3, -0.25) is 0 Å². The van der Waals surface area contributed by atoms with Crippen LogP contribution >= 0.6 is 11.3 Å². The third-order valence-electron chi connectivity index (χ3n) is 5.84. The van der Waals surface area contributed by atoms with E-state index in [0.717, 1.165) is 12.5 Å². The second-order valence-corrected chi connectivity index (χ2v) is 11.6. The zero-order chi connectivity index (χ0) is 25.6. The van der Waals surface area contributed by atoms with Gasteiger partial charge in [0.15, 0.2) is 16.6 Å². The molecule has 0 bridgehead atoms. The van der Waals surface area contributed by atoms with E-state index in [4.69, 9.17) is 0 Å². The highest BCUT2D eigenvalue weighted by Crippen LogP contribution is 2.44. The van der Waals surface area contributed by atoms with E-state index in [1.54, 1.807) is 0 Å². The number of halogens is 6. The molecule has 0 amide bonds. The van der Waals surface area contributed by atoms with Gasteiger partial charge in [0.25, 0.3) is 0 Å². The second kappa shape index (κ2) is 9.35. The van der Waals surface area contributed by atoms with Crippen molar-refractivity contribution in [2.24, 2.45) is 0 Å². The Hall–Kier alpha value is -2.20. The summed E-state index contributed by atoms with van der Waals surface area (Å²) < 4.78 is 107. The van der Waals surface area contributed by atoms with Crippen LogP contribution in [0.15, 0.2) is 6.20 Å². The van der Waals surface area contributed by atoms with E-state index < -0.39 is 56.7 Å². The molecule has 3 heterocycles. The number of hydrogen-bond acceptors (Lipinski definition) is 8. The van der Waals surface area contributed by atoms with E-state index in [9.17, 15) is 34.8 Å². The molecule has 1 aliphatic carbocycles. The molecule has 1 atom stereocenters. The average molecular weight is 545 g/mol. The highest BCUT2D eigenvalue weighted by Gasteiger charge is 2.42. The zero-order valence-corrected chi connectivity index (χ0v) is 20.0. The lowest BCUT2D eigenvalue weighted by atomic mass is 10.1. The molecule has 1 aliphatic heterocycles. The molecule has 4 rings (SSSR count). The van der Waals surface area contributed by atoms with Crippen LogP contribution in [0.1, 0.15) is 37.8 Å². The molecule has 2 N–H and O–H groups in total. The van der Waals surface area contributed by atoms with Crippen molar-refractivity contribution in [1.29, 1.82) is 0 Å². The number of thiazole rings is 1. The van der Waals surface area contributed by atoms with Gasteiger partial charge in [-0.15, -0.1) is 0 Å². The van der Waals surface area contributed by atoms with Crippen LogP contribution in [0.4, 0.5) is 37.4 Å². The molecule has 16 heteroatoms. The van der Waals surface area contributed by atoms with E-state index in [2.05, 4.69) is 25.6 Å². The van der Waals surface area contributed by atoms with Gasteiger partial charge in [-0.25, -0.2) is 40.8 Å². The molecular weight excluding hydrogens is 522 g/mol. The summed E-state index contributed by atoms with van der Waals surface area (Å²) in [7, 11) is -3.34. The number of hydrogen-bond donors (Lipinski definition) is 2. The molecule has 0 spiro atoms. The Balaban J connectivity index is 1.56. The number of nitrogens with zero attached hydrogens (tertiary/aromatic N) is 4. The smallest absolute Gasteiger partial charge is 0.359 e. The minimum absolute atomic E-state index is 0.0668. The van der Waals surface area contributed by atoms with Crippen molar-refractivity contribution in [1.82, 2.24) is 19.3 Å². The van der Waals surface area contributed by atoms with Crippen molar-refractivity contribution in [2.75, 3.05) is 30.0 Å². The van der Waals surface area contributed by atoms with Crippen LogP contribution in [0.2, 0.25) is 0 Å². The zero-order valence-electron chi connectivity index (χ0n) is 18.4. The van der Waals surface area contributed by atoms with Crippen LogP contribution in [0, 0.1) is 5.82 Å². The predicted molar refractivity (Wildman–Crippen MR) is 117 cm³/mol. The molecule has 1 saturated carbocycles. The van der Waals surface area contributed by atoms with Gasteiger partial charge in [-0.2, -0.15) is 13.2 Å². The molecule has 35 heavy (non-hydrogen) atoms. The number of aromatic nitrogens is 3. The van der Waals surface area contributed by atoms with Crippen LogP contribution in [0.3, 0.4) is 0 Å². The summed E-state index contributed by atoms with van der Waals surface area (Å²) in [4.78, 5) is 10.7. The van der Waals surface area contributed by atoms with Crippen molar-refractivity contribution in [3.63, 3.8) is 0 Å². The molecule has 194 valence electrons. The first-order valence-corrected chi connectivity index (χ1v) is 13.3. The molecular formula is C19H22F6N6O2S2. The highest BCUT2D eigenvalue weighted by atomic mass is 32.2. The Labute approximate surface area is 201 Å². The van der Waals surface area contributed by atoms with Crippen LogP contribution in [0.5, 0.6) is 0 Å². The summed E-state index contributed by atoms with van der Waals surface area (Å²) in [5.74, 6) is -4.12. The second-order valence-electron chi connectivity index (χ2n) is 8.61. The summed E-state index contributed by atoms with van der Waals surface area (Å²) in [5, 5.41) is 5.27. The summed E-state index contributed by atoms with van der Waals surface area (Å²) in [6, 6.07) is -1.02. The lowest BCUT2D eigenvalue weighted by molar-refractivity contribution is -0.140. The molecule has 2 fully saturated rings. The maximum Gasteiger partial charge on any atom is 0.434 e. The normalized spacial score (nSPS) is 21.9. The fraction of sp³-hybridized carbons (Fsp3) is 0.632. The first kappa shape index (κ1) is 25.9. The van der Waals surface area contributed by atoms with E-state index in [0.29, 0.717) is 24.2 Å². The third kappa shape index (κ3) is 6.14. The van der Waals surface area contributed by atoms with Crippen molar-refractivity contribution in [2.45, 2.75) is 56.3 Å². The van der Waals surface area contributed by atoms with Gasteiger partial charge in [-0.1, -0.05) is 11.3 Å². The van der Waals surface area contributed by atoms with E-state index in [-0.39, 0.29) is 43.1 Å².